The van der Waals surface area contributed by atoms with Gasteiger partial charge >= 0.3 is 5.97 Å². The lowest BCUT2D eigenvalue weighted by molar-refractivity contribution is -0.143. The van der Waals surface area contributed by atoms with Gasteiger partial charge in [-0.1, -0.05) is 30.3 Å². The smallest absolute Gasteiger partial charge is 0.325 e. The van der Waals surface area contributed by atoms with E-state index in [-0.39, 0.29) is 18.1 Å². The van der Waals surface area contributed by atoms with Gasteiger partial charge in [-0.25, -0.2) is 0 Å². The largest absolute Gasteiger partial charge is 0.468 e. The van der Waals surface area contributed by atoms with Gasteiger partial charge < -0.3 is 9.15 Å². The van der Waals surface area contributed by atoms with E-state index in [2.05, 4.69) is 4.90 Å². The Hall–Kier alpha value is -2.07. The summed E-state index contributed by atoms with van der Waals surface area (Å²) >= 11 is 0. The minimum atomic E-state index is -0.206. The van der Waals surface area contributed by atoms with Crippen molar-refractivity contribution in [1.82, 2.24) is 4.90 Å². The van der Waals surface area contributed by atoms with Crippen LogP contribution in [0.15, 0.2) is 53.1 Å². The molecule has 0 saturated carbocycles. The molecule has 1 aliphatic rings. The molecule has 0 aliphatic carbocycles. The molecule has 0 spiro atoms. The number of carbonyl (C=O) groups excluding carboxylic acids is 1. The number of ether oxygens (including phenoxy) is 1. The number of nitrogens with zero attached hydrogens (tertiary/aromatic N) is 1. The van der Waals surface area contributed by atoms with Gasteiger partial charge in [0, 0.05) is 0 Å². The van der Waals surface area contributed by atoms with Gasteiger partial charge in [-0.05, 0) is 24.6 Å². The minimum Gasteiger partial charge on any atom is -0.468 e. The maximum absolute atomic E-state index is 12.0. The maximum Gasteiger partial charge on any atom is 0.325 e. The topological polar surface area (TPSA) is 42.5 Å². The second-order valence-corrected chi connectivity index (χ2v) is 4.80. The van der Waals surface area contributed by atoms with E-state index in [1.54, 1.807) is 6.26 Å². The highest BCUT2D eigenvalue weighted by molar-refractivity contribution is 5.80. The molecule has 104 valence electrons. The molecule has 4 heteroatoms. The lowest BCUT2D eigenvalue weighted by Crippen LogP contribution is -2.16. The summed E-state index contributed by atoms with van der Waals surface area (Å²) in [7, 11) is 0. The van der Waals surface area contributed by atoms with Crippen molar-refractivity contribution in [1.29, 1.82) is 0 Å². The van der Waals surface area contributed by atoms with Crippen LogP contribution in [0.2, 0.25) is 0 Å². The predicted octanol–water partition coefficient (Wildman–Crippen LogP) is 2.77. The third-order valence-corrected chi connectivity index (χ3v) is 3.51. The maximum atomic E-state index is 12.0. The van der Waals surface area contributed by atoms with Crippen molar-refractivity contribution in [2.24, 2.45) is 0 Å². The normalized spacial score (nSPS) is 24.4. The Morgan fingerprint density at radius 1 is 1.25 bits per heavy atom. The van der Waals surface area contributed by atoms with Crippen LogP contribution < -0.4 is 0 Å². The first-order valence-corrected chi connectivity index (χ1v) is 6.81. The molecule has 1 saturated heterocycles. The summed E-state index contributed by atoms with van der Waals surface area (Å²) in [5, 5.41) is 0. The van der Waals surface area contributed by atoms with Gasteiger partial charge in [0.2, 0.25) is 0 Å². The highest BCUT2D eigenvalue weighted by Gasteiger charge is 2.54. The van der Waals surface area contributed by atoms with Crippen molar-refractivity contribution in [2.45, 2.75) is 25.6 Å². The number of furan rings is 1. The molecule has 1 aromatic carbocycles. The summed E-state index contributed by atoms with van der Waals surface area (Å²) in [4.78, 5) is 14.1. The Bertz CT molecular complexity index is 565. The monoisotopic (exact) mass is 271 g/mol. The molecule has 0 amide bonds. The van der Waals surface area contributed by atoms with Crippen LogP contribution in [0.5, 0.6) is 0 Å². The molecular formula is C16H17NO3. The third kappa shape index (κ3) is 2.47. The lowest BCUT2D eigenvalue weighted by Gasteiger charge is -2.01. The van der Waals surface area contributed by atoms with Gasteiger partial charge in [0.1, 0.15) is 11.8 Å². The van der Waals surface area contributed by atoms with Crippen molar-refractivity contribution < 1.29 is 13.9 Å². The molecule has 20 heavy (non-hydrogen) atoms. The number of benzene rings is 1. The highest BCUT2D eigenvalue weighted by atomic mass is 16.5. The Balaban J connectivity index is 1.77. The summed E-state index contributed by atoms with van der Waals surface area (Å²) in [6.45, 7) is 2.86. The van der Waals surface area contributed by atoms with Gasteiger partial charge in [0.15, 0.2) is 0 Å². The van der Waals surface area contributed by atoms with Gasteiger partial charge in [0.05, 0.1) is 25.5 Å². The fourth-order valence-electron chi connectivity index (χ4n) is 2.57. The van der Waals surface area contributed by atoms with Crippen LogP contribution in [0.3, 0.4) is 0 Å². The minimum absolute atomic E-state index is 0.0837. The number of esters is 1. The molecule has 1 unspecified atom stereocenters. The SMILES string of the molecule is CCOC(=O)[C@@H]1[C@H](c2ccccc2)N1Cc1ccco1. The molecule has 1 fully saturated rings. The first-order valence-electron chi connectivity index (χ1n) is 6.81. The summed E-state index contributed by atoms with van der Waals surface area (Å²) in [6.07, 6.45) is 1.65. The molecule has 0 N–H and O–H groups in total. The fraction of sp³-hybridized carbons (Fsp3) is 0.312. The van der Waals surface area contributed by atoms with Crippen LogP contribution >= 0.6 is 0 Å². The van der Waals surface area contributed by atoms with Crippen molar-refractivity contribution >= 4 is 5.97 Å². The van der Waals surface area contributed by atoms with Crippen LogP contribution in [-0.4, -0.2) is 23.5 Å². The number of carbonyl (C=O) groups is 1. The molecule has 0 bridgehead atoms. The second kappa shape index (κ2) is 5.51. The zero-order chi connectivity index (χ0) is 13.9. The molecule has 2 aromatic rings. The lowest BCUT2D eigenvalue weighted by atomic mass is 10.1. The summed E-state index contributed by atoms with van der Waals surface area (Å²) in [5.74, 6) is 0.700. The van der Waals surface area contributed by atoms with Crippen LogP contribution in [0.25, 0.3) is 0 Å². The molecule has 0 radical (unpaired) electrons. The van der Waals surface area contributed by atoms with Crippen LogP contribution in [0.1, 0.15) is 24.3 Å². The summed E-state index contributed by atoms with van der Waals surface area (Å²) in [6, 6.07) is 13.7. The summed E-state index contributed by atoms with van der Waals surface area (Å²) in [5.41, 5.74) is 1.14. The Morgan fingerprint density at radius 2 is 2.05 bits per heavy atom. The van der Waals surface area contributed by atoms with Gasteiger partial charge in [0.25, 0.3) is 0 Å². The number of hydrogen-bond acceptors (Lipinski definition) is 4. The average Bonchev–Trinajstić information content (AvgIpc) is 2.92. The average molecular weight is 271 g/mol. The molecule has 1 aromatic heterocycles. The van der Waals surface area contributed by atoms with Crippen molar-refractivity contribution in [3.05, 3.63) is 60.1 Å². The molecule has 1 aliphatic heterocycles. The Kier molecular flexibility index (Phi) is 3.56. The van der Waals surface area contributed by atoms with Crippen LogP contribution in [0, 0.1) is 0 Å². The first kappa shape index (κ1) is 12.9. The predicted molar refractivity (Wildman–Crippen MR) is 73.9 cm³/mol. The Morgan fingerprint density at radius 3 is 2.70 bits per heavy atom. The van der Waals surface area contributed by atoms with Crippen molar-refractivity contribution in [3.8, 4) is 0 Å². The zero-order valence-corrected chi connectivity index (χ0v) is 11.4. The van der Waals surface area contributed by atoms with Crippen molar-refractivity contribution in [3.63, 3.8) is 0 Å². The molecular weight excluding hydrogens is 254 g/mol. The molecule has 3 atom stereocenters. The fourth-order valence-corrected chi connectivity index (χ4v) is 2.57. The van der Waals surface area contributed by atoms with E-state index in [0.717, 1.165) is 11.3 Å². The molecule has 2 heterocycles. The van der Waals surface area contributed by atoms with Gasteiger partial charge in [-0.15, -0.1) is 0 Å². The van der Waals surface area contributed by atoms with Gasteiger partial charge in [-0.3, -0.25) is 9.69 Å². The quantitative estimate of drug-likeness (QED) is 0.619. The van der Waals surface area contributed by atoms with Crippen molar-refractivity contribution in [2.75, 3.05) is 6.61 Å². The number of hydrogen-bond donors (Lipinski definition) is 0. The van der Waals surface area contributed by atoms with E-state index in [1.807, 2.05) is 49.4 Å². The van der Waals surface area contributed by atoms with Gasteiger partial charge in [-0.2, -0.15) is 0 Å². The standard InChI is InChI=1S/C16H17NO3/c1-2-19-16(18)15-14(12-7-4-3-5-8-12)17(15)11-13-9-6-10-20-13/h3-10,14-15H,2,11H2,1H3/t14-,15-,17?/m0/s1. The van der Waals surface area contributed by atoms with E-state index < -0.39 is 0 Å². The van der Waals surface area contributed by atoms with E-state index in [1.165, 1.54) is 0 Å². The highest BCUT2D eigenvalue weighted by Crippen LogP contribution is 2.44. The molecule has 3 rings (SSSR count). The zero-order valence-electron chi connectivity index (χ0n) is 11.4. The number of rotatable bonds is 5. The van der Waals surface area contributed by atoms with Crippen LogP contribution in [0.4, 0.5) is 0 Å². The van der Waals surface area contributed by atoms with Crippen LogP contribution in [-0.2, 0) is 16.1 Å². The second-order valence-electron chi connectivity index (χ2n) is 4.80. The summed E-state index contributed by atoms with van der Waals surface area (Å²) < 4.78 is 10.5. The third-order valence-electron chi connectivity index (χ3n) is 3.51. The van der Waals surface area contributed by atoms with E-state index >= 15 is 0 Å². The van der Waals surface area contributed by atoms with E-state index in [9.17, 15) is 4.79 Å². The first-order chi connectivity index (χ1) is 9.81. The Labute approximate surface area is 118 Å². The van der Waals surface area contributed by atoms with E-state index in [0.29, 0.717) is 13.2 Å². The molecule has 4 nitrogen and oxygen atoms in total. The van der Waals surface area contributed by atoms with E-state index in [4.69, 9.17) is 9.15 Å².